The Morgan fingerprint density at radius 2 is 1.97 bits per heavy atom. The maximum atomic E-state index is 12.8. The summed E-state index contributed by atoms with van der Waals surface area (Å²) in [6.45, 7) is 6.37. The molecule has 0 amide bonds. The van der Waals surface area contributed by atoms with Crippen LogP contribution in [0, 0.1) is 19.8 Å². The van der Waals surface area contributed by atoms with Crippen LogP contribution < -0.4 is 10.3 Å². The van der Waals surface area contributed by atoms with E-state index in [0.29, 0.717) is 19.1 Å². The molecule has 0 atom stereocenters. The molecule has 7 heteroatoms. The predicted octanol–water partition coefficient (Wildman–Crippen LogP) is 4.52. The Kier molecular flexibility index (Phi) is 5.96. The van der Waals surface area contributed by atoms with Crippen molar-refractivity contribution in [1.82, 2.24) is 14.7 Å². The lowest BCUT2D eigenvalue weighted by Gasteiger charge is -2.23. The van der Waals surface area contributed by atoms with Crippen LogP contribution in [0.4, 0.5) is 0 Å². The molecule has 4 aromatic rings. The number of benzene rings is 1. The van der Waals surface area contributed by atoms with Gasteiger partial charge in [0.1, 0.15) is 11.5 Å². The fourth-order valence-electron chi connectivity index (χ4n) is 4.44. The van der Waals surface area contributed by atoms with Gasteiger partial charge >= 0.3 is 0 Å². The quantitative estimate of drug-likeness (QED) is 0.434. The predicted molar refractivity (Wildman–Crippen MR) is 126 cm³/mol. The average molecular weight is 446 g/mol. The molecule has 3 aromatic heterocycles. The van der Waals surface area contributed by atoms with Crippen LogP contribution in [-0.2, 0) is 11.3 Å². The first kappa shape index (κ1) is 21.4. The number of aromatic nitrogens is 3. The normalized spacial score (nSPS) is 14.6. The van der Waals surface area contributed by atoms with E-state index in [9.17, 15) is 4.79 Å². The van der Waals surface area contributed by atoms with Crippen LogP contribution in [0.1, 0.15) is 30.0 Å². The summed E-state index contributed by atoms with van der Waals surface area (Å²) in [6, 6.07) is 13.2. The van der Waals surface area contributed by atoms with E-state index < -0.39 is 0 Å². The summed E-state index contributed by atoms with van der Waals surface area (Å²) in [7, 11) is 0. The minimum atomic E-state index is -0.0754. The van der Waals surface area contributed by atoms with Gasteiger partial charge in [-0.2, -0.15) is 0 Å². The summed E-state index contributed by atoms with van der Waals surface area (Å²) in [5.41, 5.74) is 4.23. The second-order valence-electron chi connectivity index (χ2n) is 8.55. The highest BCUT2D eigenvalue weighted by atomic mass is 16.5. The van der Waals surface area contributed by atoms with Crippen molar-refractivity contribution in [2.75, 3.05) is 19.8 Å². The van der Waals surface area contributed by atoms with Gasteiger partial charge in [-0.3, -0.25) is 9.78 Å². The third-order valence-corrected chi connectivity index (χ3v) is 6.26. The molecule has 1 aliphatic rings. The van der Waals surface area contributed by atoms with Gasteiger partial charge in [0.05, 0.1) is 35.6 Å². The molecule has 0 saturated carbocycles. The van der Waals surface area contributed by atoms with E-state index in [4.69, 9.17) is 14.0 Å². The van der Waals surface area contributed by atoms with Crippen molar-refractivity contribution in [2.45, 2.75) is 33.2 Å². The number of nitrogens with zero attached hydrogens (tertiary/aromatic N) is 3. The van der Waals surface area contributed by atoms with Gasteiger partial charge in [0, 0.05) is 37.1 Å². The van der Waals surface area contributed by atoms with Crippen molar-refractivity contribution in [1.29, 1.82) is 0 Å². The fourth-order valence-corrected chi connectivity index (χ4v) is 4.44. The van der Waals surface area contributed by atoms with E-state index in [-0.39, 0.29) is 5.56 Å². The lowest BCUT2D eigenvalue weighted by molar-refractivity contribution is 0.0498. The van der Waals surface area contributed by atoms with E-state index in [2.05, 4.69) is 16.2 Å². The molecule has 1 aliphatic heterocycles. The van der Waals surface area contributed by atoms with Crippen molar-refractivity contribution >= 4 is 10.9 Å². The Morgan fingerprint density at radius 3 is 2.70 bits per heavy atom. The van der Waals surface area contributed by atoms with E-state index in [1.165, 1.54) is 0 Å². The van der Waals surface area contributed by atoms with Gasteiger partial charge in [0.25, 0.3) is 5.56 Å². The monoisotopic (exact) mass is 445 g/mol. The number of fused-ring (bicyclic) bond motifs is 1. The topological polar surface area (TPSA) is 79.4 Å². The standard InChI is InChI=1S/C26H27N3O4/c1-17-26(18(2)33-28-17)22-13-20-6-7-25(30)29(15-21-5-3-4-10-27-21)23(20)14-24(22)32-16-19-8-11-31-12-9-19/h3-7,10,13-14,19H,8-9,11-12,15-16H2,1-2H3. The van der Waals surface area contributed by atoms with Crippen LogP contribution in [0.3, 0.4) is 0 Å². The second-order valence-corrected chi connectivity index (χ2v) is 8.55. The summed E-state index contributed by atoms with van der Waals surface area (Å²) < 4.78 is 19.1. The molecule has 4 heterocycles. The zero-order chi connectivity index (χ0) is 22.8. The molecule has 7 nitrogen and oxygen atoms in total. The average Bonchev–Trinajstić information content (AvgIpc) is 3.18. The maximum Gasteiger partial charge on any atom is 0.251 e. The molecular formula is C26H27N3O4. The number of pyridine rings is 2. The van der Waals surface area contributed by atoms with Crippen molar-refractivity contribution in [2.24, 2.45) is 5.92 Å². The Bertz CT molecular complexity index is 1300. The van der Waals surface area contributed by atoms with Crippen LogP contribution in [0.15, 0.2) is 58.0 Å². The summed E-state index contributed by atoms with van der Waals surface area (Å²) >= 11 is 0. The molecule has 1 saturated heterocycles. The molecule has 5 rings (SSSR count). The summed E-state index contributed by atoms with van der Waals surface area (Å²) in [4.78, 5) is 17.2. The summed E-state index contributed by atoms with van der Waals surface area (Å²) in [5, 5.41) is 5.08. The fraction of sp³-hybridized carbons (Fsp3) is 0.346. The van der Waals surface area contributed by atoms with Gasteiger partial charge in [-0.25, -0.2) is 0 Å². The molecule has 0 aliphatic carbocycles. The molecule has 1 aromatic carbocycles. The second kappa shape index (κ2) is 9.19. The molecule has 33 heavy (non-hydrogen) atoms. The van der Waals surface area contributed by atoms with Crippen LogP contribution in [0.2, 0.25) is 0 Å². The Hall–Kier alpha value is -3.45. The first-order valence-electron chi connectivity index (χ1n) is 11.3. The van der Waals surface area contributed by atoms with E-state index in [1.54, 1.807) is 16.8 Å². The maximum absolute atomic E-state index is 12.8. The zero-order valence-electron chi connectivity index (χ0n) is 18.9. The minimum Gasteiger partial charge on any atom is -0.493 e. The van der Waals surface area contributed by atoms with Crippen LogP contribution in [0.5, 0.6) is 5.75 Å². The largest absolute Gasteiger partial charge is 0.493 e. The van der Waals surface area contributed by atoms with E-state index in [0.717, 1.165) is 71.0 Å². The Morgan fingerprint density at radius 1 is 1.12 bits per heavy atom. The molecule has 0 radical (unpaired) electrons. The number of hydrogen-bond donors (Lipinski definition) is 0. The molecular weight excluding hydrogens is 418 g/mol. The van der Waals surface area contributed by atoms with Gasteiger partial charge in [0.15, 0.2) is 0 Å². The number of hydrogen-bond acceptors (Lipinski definition) is 6. The molecule has 0 unspecified atom stereocenters. The smallest absolute Gasteiger partial charge is 0.251 e. The van der Waals surface area contributed by atoms with E-state index in [1.807, 2.05) is 44.2 Å². The Balaban J connectivity index is 1.62. The first-order chi connectivity index (χ1) is 16.1. The van der Waals surface area contributed by atoms with Gasteiger partial charge in [0.2, 0.25) is 0 Å². The molecule has 1 fully saturated rings. The lowest BCUT2D eigenvalue weighted by atomic mass is 9.99. The highest BCUT2D eigenvalue weighted by Crippen LogP contribution is 2.38. The summed E-state index contributed by atoms with van der Waals surface area (Å²) in [6.07, 6.45) is 3.71. The molecule has 170 valence electrons. The van der Waals surface area contributed by atoms with Gasteiger partial charge in [-0.05, 0) is 62.3 Å². The SMILES string of the molecule is Cc1noc(C)c1-c1cc2ccc(=O)n(Cc3ccccn3)c2cc1OCC1CCOCC1. The Labute approximate surface area is 192 Å². The highest BCUT2D eigenvalue weighted by Gasteiger charge is 2.21. The van der Waals surface area contributed by atoms with Crippen molar-refractivity contribution in [3.8, 4) is 16.9 Å². The van der Waals surface area contributed by atoms with Gasteiger partial charge in [-0.15, -0.1) is 0 Å². The van der Waals surface area contributed by atoms with Crippen molar-refractivity contribution in [3.63, 3.8) is 0 Å². The number of rotatable bonds is 6. The van der Waals surface area contributed by atoms with Crippen LogP contribution >= 0.6 is 0 Å². The number of aryl methyl sites for hydroxylation is 2. The van der Waals surface area contributed by atoms with E-state index >= 15 is 0 Å². The number of ether oxygens (including phenoxy) is 2. The molecule has 0 bridgehead atoms. The first-order valence-corrected chi connectivity index (χ1v) is 11.3. The van der Waals surface area contributed by atoms with Crippen LogP contribution in [0.25, 0.3) is 22.0 Å². The lowest BCUT2D eigenvalue weighted by Crippen LogP contribution is -2.22. The minimum absolute atomic E-state index is 0.0754. The van der Waals surface area contributed by atoms with Crippen LogP contribution in [-0.4, -0.2) is 34.5 Å². The van der Waals surface area contributed by atoms with Crippen molar-refractivity contribution in [3.05, 3.63) is 76.2 Å². The van der Waals surface area contributed by atoms with Crippen molar-refractivity contribution < 1.29 is 14.0 Å². The summed E-state index contributed by atoms with van der Waals surface area (Å²) in [5.74, 6) is 1.91. The third-order valence-electron chi connectivity index (χ3n) is 6.26. The highest BCUT2D eigenvalue weighted by molar-refractivity contribution is 5.89. The van der Waals surface area contributed by atoms with Gasteiger partial charge in [-0.1, -0.05) is 11.2 Å². The van der Waals surface area contributed by atoms with Gasteiger partial charge < -0.3 is 18.6 Å². The molecule has 0 spiro atoms. The molecule has 0 N–H and O–H groups in total. The zero-order valence-corrected chi connectivity index (χ0v) is 18.9. The third kappa shape index (κ3) is 4.41.